The van der Waals surface area contributed by atoms with Crippen LogP contribution in [-0.2, 0) is 6.42 Å². The Labute approximate surface area is 118 Å². The second kappa shape index (κ2) is 7.54. The SMILES string of the molecule is CCCCC(Cc1ccc(N)cc1)N1CCCCC1. The summed E-state index contributed by atoms with van der Waals surface area (Å²) in [6.07, 6.45) is 9.33. The Balaban J connectivity index is 1.97. The third-order valence-corrected chi connectivity index (χ3v) is 4.25. The van der Waals surface area contributed by atoms with E-state index < -0.39 is 0 Å². The van der Waals surface area contributed by atoms with Crippen molar-refractivity contribution in [3.63, 3.8) is 0 Å². The molecular formula is C17H28N2. The first-order valence-corrected chi connectivity index (χ1v) is 7.88. The van der Waals surface area contributed by atoms with Crippen LogP contribution in [0.5, 0.6) is 0 Å². The first kappa shape index (κ1) is 14.4. The van der Waals surface area contributed by atoms with Gasteiger partial charge in [-0.3, -0.25) is 0 Å². The molecule has 2 N–H and O–H groups in total. The highest BCUT2D eigenvalue weighted by atomic mass is 15.2. The number of piperidine rings is 1. The van der Waals surface area contributed by atoms with Gasteiger partial charge in [0.1, 0.15) is 0 Å². The maximum absolute atomic E-state index is 5.77. The van der Waals surface area contributed by atoms with E-state index in [1.165, 1.54) is 63.6 Å². The van der Waals surface area contributed by atoms with Crippen LogP contribution in [0.25, 0.3) is 0 Å². The molecule has 0 bridgehead atoms. The molecule has 0 radical (unpaired) electrons. The maximum Gasteiger partial charge on any atom is 0.0314 e. The summed E-state index contributed by atoms with van der Waals surface area (Å²) >= 11 is 0. The molecule has 1 aliphatic rings. The number of hydrogen-bond donors (Lipinski definition) is 1. The average Bonchev–Trinajstić information content (AvgIpc) is 2.46. The summed E-state index contributed by atoms with van der Waals surface area (Å²) in [6.45, 7) is 4.88. The molecule has 0 aliphatic carbocycles. The van der Waals surface area contributed by atoms with E-state index in [2.05, 4.69) is 24.0 Å². The molecular weight excluding hydrogens is 232 g/mol. The highest BCUT2D eigenvalue weighted by Gasteiger charge is 2.20. The van der Waals surface area contributed by atoms with Gasteiger partial charge in [0.25, 0.3) is 0 Å². The number of unbranched alkanes of at least 4 members (excludes halogenated alkanes) is 1. The van der Waals surface area contributed by atoms with E-state index >= 15 is 0 Å². The van der Waals surface area contributed by atoms with Crippen LogP contribution in [-0.4, -0.2) is 24.0 Å². The van der Waals surface area contributed by atoms with Gasteiger partial charge in [0.2, 0.25) is 0 Å². The summed E-state index contributed by atoms with van der Waals surface area (Å²) in [5.41, 5.74) is 8.07. The van der Waals surface area contributed by atoms with E-state index in [-0.39, 0.29) is 0 Å². The van der Waals surface area contributed by atoms with Crippen molar-refractivity contribution in [3.05, 3.63) is 29.8 Å². The number of rotatable bonds is 6. The van der Waals surface area contributed by atoms with Crippen LogP contribution < -0.4 is 5.73 Å². The molecule has 2 heteroatoms. The molecule has 0 aromatic heterocycles. The smallest absolute Gasteiger partial charge is 0.0314 e. The lowest BCUT2D eigenvalue weighted by atomic mass is 9.97. The predicted octanol–water partition coefficient (Wildman–Crippen LogP) is 3.86. The number of likely N-dealkylation sites (tertiary alicyclic amines) is 1. The molecule has 0 amide bonds. The normalized spacial score (nSPS) is 18.4. The van der Waals surface area contributed by atoms with Crippen molar-refractivity contribution in [2.45, 2.75) is 57.9 Å². The van der Waals surface area contributed by atoms with Gasteiger partial charge in [0, 0.05) is 11.7 Å². The molecule has 1 unspecified atom stereocenters. The van der Waals surface area contributed by atoms with Crippen molar-refractivity contribution >= 4 is 5.69 Å². The van der Waals surface area contributed by atoms with Gasteiger partial charge in [-0.2, -0.15) is 0 Å². The molecule has 1 saturated heterocycles. The van der Waals surface area contributed by atoms with Gasteiger partial charge in [-0.05, 0) is 56.5 Å². The first-order valence-electron chi connectivity index (χ1n) is 7.88. The number of nitrogen functional groups attached to an aromatic ring is 1. The predicted molar refractivity (Wildman–Crippen MR) is 83.3 cm³/mol. The third-order valence-electron chi connectivity index (χ3n) is 4.25. The van der Waals surface area contributed by atoms with Crippen LogP contribution in [0.3, 0.4) is 0 Å². The van der Waals surface area contributed by atoms with Crippen LogP contribution in [0.4, 0.5) is 5.69 Å². The van der Waals surface area contributed by atoms with Crippen molar-refractivity contribution in [1.82, 2.24) is 4.90 Å². The Morgan fingerprint density at radius 3 is 2.42 bits per heavy atom. The van der Waals surface area contributed by atoms with E-state index in [0.29, 0.717) is 0 Å². The number of anilines is 1. The summed E-state index contributed by atoms with van der Waals surface area (Å²) in [4.78, 5) is 2.72. The molecule has 1 aromatic carbocycles. The van der Waals surface area contributed by atoms with Gasteiger partial charge in [0.05, 0.1) is 0 Å². The molecule has 2 nitrogen and oxygen atoms in total. The summed E-state index contributed by atoms with van der Waals surface area (Å²) in [7, 11) is 0. The van der Waals surface area contributed by atoms with E-state index in [0.717, 1.165) is 11.7 Å². The highest BCUT2D eigenvalue weighted by Crippen LogP contribution is 2.20. The molecule has 19 heavy (non-hydrogen) atoms. The molecule has 0 spiro atoms. The zero-order valence-electron chi connectivity index (χ0n) is 12.3. The van der Waals surface area contributed by atoms with Crippen molar-refractivity contribution in [1.29, 1.82) is 0 Å². The number of hydrogen-bond acceptors (Lipinski definition) is 2. The Hall–Kier alpha value is -1.02. The number of nitrogens with zero attached hydrogens (tertiary/aromatic N) is 1. The van der Waals surface area contributed by atoms with Crippen molar-refractivity contribution in [3.8, 4) is 0 Å². The zero-order chi connectivity index (χ0) is 13.5. The number of nitrogens with two attached hydrogens (primary N) is 1. The summed E-state index contributed by atoms with van der Waals surface area (Å²) in [5.74, 6) is 0. The standard InChI is InChI=1S/C17H28N2/c1-2-3-7-17(19-12-5-4-6-13-19)14-15-8-10-16(18)11-9-15/h8-11,17H,2-7,12-14,18H2,1H3. The van der Waals surface area contributed by atoms with E-state index in [9.17, 15) is 0 Å². The second-order valence-corrected chi connectivity index (χ2v) is 5.84. The van der Waals surface area contributed by atoms with Crippen LogP contribution in [0.1, 0.15) is 51.0 Å². The Morgan fingerprint density at radius 2 is 1.79 bits per heavy atom. The quantitative estimate of drug-likeness (QED) is 0.787. The fourth-order valence-electron chi connectivity index (χ4n) is 3.06. The minimum absolute atomic E-state index is 0.726. The molecule has 2 rings (SSSR count). The second-order valence-electron chi connectivity index (χ2n) is 5.84. The molecule has 1 aliphatic heterocycles. The van der Waals surface area contributed by atoms with Crippen molar-refractivity contribution < 1.29 is 0 Å². The Kier molecular flexibility index (Phi) is 5.71. The van der Waals surface area contributed by atoms with Crippen molar-refractivity contribution in [2.75, 3.05) is 18.8 Å². The monoisotopic (exact) mass is 260 g/mol. The minimum atomic E-state index is 0.726. The van der Waals surface area contributed by atoms with E-state index in [4.69, 9.17) is 5.73 Å². The third kappa shape index (κ3) is 4.54. The van der Waals surface area contributed by atoms with Crippen molar-refractivity contribution in [2.24, 2.45) is 0 Å². The Bertz CT molecular complexity index is 352. The zero-order valence-corrected chi connectivity index (χ0v) is 12.3. The van der Waals surface area contributed by atoms with E-state index in [1.54, 1.807) is 0 Å². The largest absolute Gasteiger partial charge is 0.399 e. The van der Waals surface area contributed by atoms with Crippen LogP contribution in [0.2, 0.25) is 0 Å². The lowest BCUT2D eigenvalue weighted by molar-refractivity contribution is 0.152. The fraction of sp³-hybridized carbons (Fsp3) is 0.647. The van der Waals surface area contributed by atoms with Gasteiger partial charge in [-0.15, -0.1) is 0 Å². The summed E-state index contributed by atoms with van der Waals surface area (Å²) in [5, 5.41) is 0. The summed E-state index contributed by atoms with van der Waals surface area (Å²) < 4.78 is 0. The van der Waals surface area contributed by atoms with Gasteiger partial charge in [-0.25, -0.2) is 0 Å². The lowest BCUT2D eigenvalue weighted by Crippen LogP contribution is -2.40. The molecule has 0 saturated carbocycles. The lowest BCUT2D eigenvalue weighted by Gasteiger charge is -2.35. The molecule has 1 aromatic rings. The molecule has 1 atom stereocenters. The van der Waals surface area contributed by atoms with Gasteiger partial charge >= 0.3 is 0 Å². The average molecular weight is 260 g/mol. The van der Waals surface area contributed by atoms with Crippen LogP contribution in [0.15, 0.2) is 24.3 Å². The summed E-state index contributed by atoms with van der Waals surface area (Å²) in [6, 6.07) is 9.17. The molecule has 106 valence electrons. The van der Waals surface area contributed by atoms with Crippen LogP contribution in [0, 0.1) is 0 Å². The van der Waals surface area contributed by atoms with E-state index in [1.807, 2.05) is 12.1 Å². The van der Waals surface area contributed by atoms with Gasteiger partial charge < -0.3 is 10.6 Å². The topological polar surface area (TPSA) is 29.3 Å². The molecule has 1 heterocycles. The molecule has 1 fully saturated rings. The first-order chi connectivity index (χ1) is 9.29. The van der Waals surface area contributed by atoms with Gasteiger partial charge in [0.15, 0.2) is 0 Å². The fourth-order valence-corrected chi connectivity index (χ4v) is 3.06. The Morgan fingerprint density at radius 1 is 1.11 bits per heavy atom. The van der Waals surface area contributed by atoms with Gasteiger partial charge in [-0.1, -0.05) is 38.3 Å². The highest BCUT2D eigenvalue weighted by molar-refractivity contribution is 5.39. The minimum Gasteiger partial charge on any atom is -0.399 e. The van der Waals surface area contributed by atoms with Crippen LogP contribution >= 0.6 is 0 Å². The number of benzene rings is 1. The maximum atomic E-state index is 5.77.